The van der Waals surface area contributed by atoms with Crippen LogP contribution in [0.5, 0.6) is 5.75 Å². The molecule has 7 heteroatoms. The standard InChI is InChI=1S/C22H31N3O3S/c1-2-3-4-5-6-7-8-9-10-11-17-24-29(27,28)21-14-12-13-19-18(21)15-16-20(25-23)22(19)26/h12-16,24H,2-11,17H2,1H3/p+1. The number of benzene rings is 2. The molecular weight excluding hydrogens is 386 g/mol. The first-order chi connectivity index (χ1) is 14.0. The van der Waals surface area contributed by atoms with Gasteiger partial charge in [0, 0.05) is 23.4 Å². The Morgan fingerprint density at radius 3 is 2.14 bits per heavy atom. The van der Waals surface area contributed by atoms with E-state index in [1.165, 1.54) is 57.1 Å². The fourth-order valence-electron chi connectivity index (χ4n) is 3.51. The maximum Gasteiger partial charge on any atom is 0.426 e. The van der Waals surface area contributed by atoms with E-state index in [-0.39, 0.29) is 16.3 Å². The lowest BCUT2D eigenvalue weighted by molar-refractivity contribution is 0.484. The highest BCUT2D eigenvalue weighted by Crippen LogP contribution is 2.37. The number of unbranched alkanes of at least 4 members (excludes halogenated alkanes) is 9. The molecule has 2 aromatic carbocycles. The van der Waals surface area contributed by atoms with Gasteiger partial charge in [-0.15, -0.1) is 0 Å². The number of diazo groups is 1. The summed E-state index contributed by atoms with van der Waals surface area (Å²) in [5.41, 5.74) is 0.00497. The van der Waals surface area contributed by atoms with Gasteiger partial charge in [0.25, 0.3) is 0 Å². The number of fused-ring (bicyclic) bond motifs is 1. The summed E-state index contributed by atoms with van der Waals surface area (Å²) in [5.74, 6) is -0.239. The van der Waals surface area contributed by atoms with Crippen molar-refractivity contribution in [3.05, 3.63) is 35.3 Å². The predicted molar refractivity (Wildman–Crippen MR) is 117 cm³/mol. The molecule has 2 rings (SSSR count). The Kier molecular flexibility index (Phi) is 9.36. The summed E-state index contributed by atoms with van der Waals surface area (Å²) in [4.78, 5) is 3.12. The molecule has 0 aliphatic carbocycles. The molecule has 0 heterocycles. The molecule has 0 amide bonds. The van der Waals surface area contributed by atoms with Gasteiger partial charge in [0.15, 0.2) is 4.98 Å². The second-order valence-corrected chi connectivity index (χ2v) is 9.20. The Labute approximate surface area is 174 Å². The summed E-state index contributed by atoms with van der Waals surface area (Å²) < 4.78 is 28.1. The minimum absolute atomic E-state index is 0.00497. The van der Waals surface area contributed by atoms with Gasteiger partial charge in [-0.3, -0.25) is 0 Å². The van der Waals surface area contributed by atoms with Crippen molar-refractivity contribution in [1.29, 1.82) is 5.39 Å². The number of hydrogen-bond acceptors (Lipinski definition) is 4. The molecule has 0 bridgehead atoms. The summed E-state index contributed by atoms with van der Waals surface area (Å²) in [5, 5.41) is 19.8. The van der Waals surface area contributed by atoms with Crippen LogP contribution >= 0.6 is 0 Å². The van der Waals surface area contributed by atoms with Crippen molar-refractivity contribution in [2.24, 2.45) is 0 Å². The SMILES string of the molecule is CCCCCCCCCCCCNS(=O)(=O)c1cccc2c(O)c([N+]#N)ccc12. The first-order valence-electron chi connectivity index (χ1n) is 10.6. The third kappa shape index (κ3) is 6.69. The Morgan fingerprint density at radius 1 is 0.897 bits per heavy atom. The van der Waals surface area contributed by atoms with Gasteiger partial charge < -0.3 is 5.11 Å². The van der Waals surface area contributed by atoms with Gasteiger partial charge in [0.1, 0.15) is 0 Å². The van der Waals surface area contributed by atoms with Gasteiger partial charge in [-0.1, -0.05) is 76.8 Å². The lowest BCUT2D eigenvalue weighted by atomic mass is 10.1. The number of nitrogens with one attached hydrogen (secondary N) is 1. The molecule has 29 heavy (non-hydrogen) atoms. The van der Waals surface area contributed by atoms with Crippen molar-refractivity contribution in [2.75, 3.05) is 6.54 Å². The molecule has 0 unspecified atom stereocenters. The molecule has 2 aromatic rings. The minimum Gasteiger partial charge on any atom is -0.501 e. The van der Waals surface area contributed by atoms with E-state index in [1.54, 1.807) is 18.2 Å². The number of phenolic OH excluding ortho intramolecular Hbond substituents is 1. The molecule has 0 atom stereocenters. The number of nitrogens with zero attached hydrogens (tertiary/aromatic N) is 2. The normalized spacial score (nSPS) is 11.6. The molecule has 0 fully saturated rings. The van der Waals surface area contributed by atoms with E-state index in [4.69, 9.17) is 5.39 Å². The highest BCUT2D eigenvalue weighted by molar-refractivity contribution is 7.89. The fourth-order valence-corrected chi connectivity index (χ4v) is 4.81. The van der Waals surface area contributed by atoms with Gasteiger partial charge in [-0.05, 0) is 18.6 Å². The zero-order valence-electron chi connectivity index (χ0n) is 17.2. The minimum atomic E-state index is -3.69. The molecule has 0 aromatic heterocycles. The van der Waals surface area contributed by atoms with Gasteiger partial charge >= 0.3 is 5.69 Å². The molecule has 0 aliphatic heterocycles. The molecule has 0 saturated carbocycles. The third-order valence-electron chi connectivity index (χ3n) is 5.19. The van der Waals surface area contributed by atoms with Crippen molar-refractivity contribution in [2.45, 2.75) is 76.0 Å². The van der Waals surface area contributed by atoms with Crippen LogP contribution in [-0.4, -0.2) is 20.1 Å². The molecular formula is C22H32N3O3S+. The van der Waals surface area contributed by atoms with Crippen molar-refractivity contribution in [3.63, 3.8) is 0 Å². The Morgan fingerprint density at radius 2 is 1.52 bits per heavy atom. The molecule has 158 valence electrons. The van der Waals surface area contributed by atoms with E-state index in [9.17, 15) is 13.5 Å². The average Bonchev–Trinajstić information content (AvgIpc) is 2.72. The second kappa shape index (κ2) is 11.7. The van der Waals surface area contributed by atoms with Gasteiger partial charge in [0.05, 0.1) is 4.90 Å². The second-order valence-electron chi connectivity index (χ2n) is 7.46. The first kappa shape index (κ1) is 23.1. The monoisotopic (exact) mass is 418 g/mol. The predicted octanol–water partition coefficient (Wildman–Crippen LogP) is 6.23. The van der Waals surface area contributed by atoms with Gasteiger partial charge in [0.2, 0.25) is 21.2 Å². The zero-order valence-corrected chi connectivity index (χ0v) is 18.0. The Bertz CT molecular complexity index is 936. The van der Waals surface area contributed by atoms with Crippen molar-refractivity contribution in [1.82, 2.24) is 4.72 Å². The molecule has 0 saturated heterocycles. The molecule has 6 nitrogen and oxygen atoms in total. The summed E-state index contributed by atoms with van der Waals surface area (Å²) in [6.07, 6.45) is 12.0. The largest absolute Gasteiger partial charge is 0.501 e. The molecule has 2 N–H and O–H groups in total. The van der Waals surface area contributed by atoms with Crippen LogP contribution in [0, 0.1) is 5.39 Å². The van der Waals surface area contributed by atoms with Crippen LogP contribution in [0.1, 0.15) is 71.1 Å². The summed E-state index contributed by atoms with van der Waals surface area (Å²) in [6, 6.07) is 7.61. The van der Waals surface area contributed by atoms with Crippen LogP contribution in [0.25, 0.3) is 15.7 Å². The van der Waals surface area contributed by atoms with Crippen LogP contribution < -0.4 is 4.72 Å². The van der Waals surface area contributed by atoms with E-state index in [0.717, 1.165) is 19.3 Å². The van der Waals surface area contributed by atoms with E-state index in [2.05, 4.69) is 16.6 Å². The quantitative estimate of drug-likeness (QED) is 0.298. The van der Waals surface area contributed by atoms with E-state index < -0.39 is 10.0 Å². The highest BCUT2D eigenvalue weighted by atomic mass is 32.2. The number of aromatic hydroxyl groups is 1. The first-order valence-corrected chi connectivity index (χ1v) is 12.1. The fraction of sp³-hybridized carbons (Fsp3) is 0.545. The number of phenols is 1. The smallest absolute Gasteiger partial charge is 0.426 e. The van der Waals surface area contributed by atoms with Crippen molar-refractivity contribution in [3.8, 4) is 5.75 Å². The molecule has 0 aliphatic rings. The summed E-state index contributed by atoms with van der Waals surface area (Å²) >= 11 is 0. The van der Waals surface area contributed by atoms with Gasteiger partial charge in [-0.25, -0.2) is 13.1 Å². The highest BCUT2D eigenvalue weighted by Gasteiger charge is 2.22. The van der Waals surface area contributed by atoms with E-state index in [0.29, 0.717) is 17.3 Å². The number of rotatable bonds is 13. The Balaban J connectivity index is 1.82. The van der Waals surface area contributed by atoms with E-state index >= 15 is 0 Å². The van der Waals surface area contributed by atoms with Crippen LogP contribution in [0.4, 0.5) is 5.69 Å². The van der Waals surface area contributed by atoms with Crippen LogP contribution in [-0.2, 0) is 10.0 Å². The summed E-state index contributed by atoms with van der Waals surface area (Å²) in [7, 11) is -3.69. The Hall–Kier alpha value is -2.17. The van der Waals surface area contributed by atoms with Gasteiger partial charge in [-0.2, -0.15) is 0 Å². The van der Waals surface area contributed by atoms with E-state index in [1.807, 2.05) is 0 Å². The maximum absolute atomic E-state index is 12.7. The number of hydrogen-bond donors (Lipinski definition) is 2. The number of sulfonamides is 1. The topological polar surface area (TPSA) is 94.6 Å². The van der Waals surface area contributed by atoms with Crippen LogP contribution in [0.15, 0.2) is 35.2 Å². The average molecular weight is 419 g/mol. The lowest BCUT2D eigenvalue weighted by Gasteiger charge is -2.10. The molecule has 0 radical (unpaired) electrons. The zero-order chi connectivity index (χ0) is 21.1. The van der Waals surface area contributed by atoms with Crippen molar-refractivity contribution >= 4 is 26.5 Å². The maximum atomic E-state index is 12.7. The van der Waals surface area contributed by atoms with Crippen molar-refractivity contribution < 1.29 is 13.5 Å². The van der Waals surface area contributed by atoms with Crippen LogP contribution in [0.2, 0.25) is 0 Å². The molecule has 0 spiro atoms. The van der Waals surface area contributed by atoms with Crippen LogP contribution in [0.3, 0.4) is 0 Å². The lowest BCUT2D eigenvalue weighted by Crippen LogP contribution is -2.25. The summed E-state index contributed by atoms with van der Waals surface area (Å²) in [6.45, 7) is 2.62. The third-order valence-corrected chi connectivity index (χ3v) is 6.71.